The molecule has 1 saturated heterocycles. The van der Waals surface area contributed by atoms with Crippen LogP contribution in [0.3, 0.4) is 0 Å². The number of likely N-dealkylation sites (tertiary alicyclic amines) is 1. The van der Waals surface area contributed by atoms with Crippen LogP contribution in [0.25, 0.3) is 0 Å². The number of benzene rings is 1. The van der Waals surface area contributed by atoms with Crippen molar-refractivity contribution < 1.29 is 24.2 Å². The molecule has 1 fully saturated rings. The summed E-state index contributed by atoms with van der Waals surface area (Å²) in [6, 6.07) is 6.11. The monoisotopic (exact) mass is 334 g/mol. The molecule has 0 aliphatic carbocycles. The lowest BCUT2D eigenvalue weighted by atomic mass is 9.98. The zero-order valence-corrected chi connectivity index (χ0v) is 13.7. The Balaban J connectivity index is 1.85. The van der Waals surface area contributed by atoms with E-state index in [1.807, 2.05) is 0 Å². The first-order chi connectivity index (χ1) is 11.5. The SMILES string of the molecule is CCOC(=O)C1CCCN(C(=O)NCc2ccc(C(=O)O)cc2)C1. The number of piperidine rings is 1. The van der Waals surface area contributed by atoms with Gasteiger partial charge in [-0.15, -0.1) is 0 Å². The van der Waals surface area contributed by atoms with Crippen molar-refractivity contribution in [1.82, 2.24) is 10.2 Å². The number of carboxylic acid groups (broad SMARTS) is 1. The molecule has 2 N–H and O–H groups in total. The average molecular weight is 334 g/mol. The minimum atomic E-state index is -0.982. The van der Waals surface area contributed by atoms with Crippen molar-refractivity contribution in [2.24, 2.45) is 5.92 Å². The Bertz CT molecular complexity index is 600. The highest BCUT2D eigenvalue weighted by Gasteiger charge is 2.29. The average Bonchev–Trinajstić information content (AvgIpc) is 2.60. The zero-order valence-electron chi connectivity index (χ0n) is 13.7. The van der Waals surface area contributed by atoms with Gasteiger partial charge in [-0.3, -0.25) is 4.79 Å². The van der Waals surface area contributed by atoms with E-state index in [1.54, 1.807) is 24.0 Å². The number of carbonyl (C=O) groups is 3. The summed E-state index contributed by atoms with van der Waals surface area (Å²) in [6.07, 6.45) is 1.50. The van der Waals surface area contributed by atoms with Crippen molar-refractivity contribution >= 4 is 18.0 Å². The lowest BCUT2D eigenvalue weighted by molar-refractivity contribution is -0.149. The second-order valence-electron chi connectivity index (χ2n) is 5.70. The van der Waals surface area contributed by atoms with Gasteiger partial charge in [-0.1, -0.05) is 12.1 Å². The Hall–Kier alpha value is -2.57. The molecule has 7 heteroatoms. The lowest BCUT2D eigenvalue weighted by Gasteiger charge is -2.31. The number of carboxylic acids is 1. The molecular weight excluding hydrogens is 312 g/mol. The number of hydrogen-bond acceptors (Lipinski definition) is 4. The van der Waals surface area contributed by atoms with E-state index in [-0.39, 0.29) is 23.5 Å². The van der Waals surface area contributed by atoms with Crippen LogP contribution in [0.2, 0.25) is 0 Å². The van der Waals surface area contributed by atoms with E-state index in [4.69, 9.17) is 9.84 Å². The first-order valence-electron chi connectivity index (χ1n) is 8.03. The molecular formula is C17H22N2O5. The Morgan fingerprint density at radius 2 is 2.00 bits per heavy atom. The van der Waals surface area contributed by atoms with E-state index in [0.717, 1.165) is 18.4 Å². The van der Waals surface area contributed by atoms with Crippen molar-refractivity contribution in [3.63, 3.8) is 0 Å². The van der Waals surface area contributed by atoms with Gasteiger partial charge in [0.1, 0.15) is 0 Å². The fourth-order valence-electron chi connectivity index (χ4n) is 2.67. The molecule has 1 atom stereocenters. The molecule has 0 spiro atoms. The topological polar surface area (TPSA) is 95.9 Å². The smallest absolute Gasteiger partial charge is 0.335 e. The molecule has 130 valence electrons. The predicted octanol–water partition coefficient (Wildman–Crippen LogP) is 1.87. The van der Waals surface area contributed by atoms with Gasteiger partial charge in [0.2, 0.25) is 0 Å². The van der Waals surface area contributed by atoms with Crippen molar-refractivity contribution in [3.8, 4) is 0 Å². The number of carbonyl (C=O) groups excluding carboxylic acids is 2. The van der Waals surface area contributed by atoms with Crippen LogP contribution in [0, 0.1) is 5.92 Å². The van der Waals surface area contributed by atoms with Gasteiger partial charge in [-0.25, -0.2) is 9.59 Å². The van der Waals surface area contributed by atoms with Gasteiger partial charge in [-0.05, 0) is 37.5 Å². The first-order valence-corrected chi connectivity index (χ1v) is 8.03. The lowest BCUT2D eigenvalue weighted by Crippen LogP contribution is -2.47. The largest absolute Gasteiger partial charge is 0.478 e. The Morgan fingerprint density at radius 1 is 1.29 bits per heavy atom. The second-order valence-corrected chi connectivity index (χ2v) is 5.70. The van der Waals surface area contributed by atoms with E-state index < -0.39 is 5.97 Å². The normalized spacial score (nSPS) is 17.2. The number of esters is 1. The fourth-order valence-corrected chi connectivity index (χ4v) is 2.67. The maximum absolute atomic E-state index is 12.2. The molecule has 1 aliphatic rings. The zero-order chi connectivity index (χ0) is 17.5. The van der Waals surface area contributed by atoms with Crippen LogP contribution in [-0.4, -0.2) is 47.7 Å². The number of amides is 2. The Labute approximate surface area is 140 Å². The summed E-state index contributed by atoms with van der Waals surface area (Å²) in [5.41, 5.74) is 1.02. The van der Waals surface area contributed by atoms with E-state index in [9.17, 15) is 14.4 Å². The molecule has 1 aliphatic heterocycles. The first kappa shape index (κ1) is 17.8. The molecule has 1 unspecified atom stereocenters. The maximum atomic E-state index is 12.2. The summed E-state index contributed by atoms with van der Waals surface area (Å²) in [7, 11) is 0. The quantitative estimate of drug-likeness (QED) is 0.802. The minimum absolute atomic E-state index is 0.207. The highest BCUT2D eigenvalue weighted by Crippen LogP contribution is 2.18. The Morgan fingerprint density at radius 3 is 2.62 bits per heavy atom. The summed E-state index contributed by atoms with van der Waals surface area (Å²) in [5.74, 6) is -1.50. The number of nitrogens with zero attached hydrogens (tertiary/aromatic N) is 1. The minimum Gasteiger partial charge on any atom is -0.478 e. The predicted molar refractivity (Wildman–Crippen MR) is 86.6 cm³/mol. The molecule has 0 saturated carbocycles. The number of rotatable bonds is 5. The van der Waals surface area contributed by atoms with E-state index in [2.05, 4.69) is 5.32 Å². The number of ether oxygens (including phenoxy) is 1. The summed E-state index contributed by atoms with van der Waals surface area (Å²) >= 11 is 0. The molecule has 0 radical (unpaired) electrons. The van der Waals surface area contributed by atoms with E-state index in [1.165, 1.54) is 12.1 Å². The number of nitrogens with one attached hydrogen (secondary N) is 1. The third-order valence-corrected chi connectivity index (χ3v) is 3.97. The molecule has 1 heterocycles. The van der Waals surface area contributed by atoms with Crippen LogP contribution in [0.4, 0.5) is 4.79 Å². The van der Waals surface area contributed by atoms with Crippen molar-refractivity contribution in [1.29, 1.82) is 0 Å². The maximum Gasteiger partial charge on any atom is 0.335 e. The van der Waals surface area contributed by atoms with Gasteiger partial charge in [0.15, 0.2) is 0 Å². The molecule has 2 rings (SSSR count). The van der Waals surface area contributed by atoms with Gasteiger partial charge in [-0.2, -0.15) is 0 Å². The molecule has 24 heavy (non-hydrogen) atoms. The third-order valence-electron chi connectivity index (χ3n) is 3.97. The van der Waals surface area contributed by atoms with Crippen molar-refractivity contribution in [3.05, 3.63) is 35.4 Å². The summed E-state index contributed by atoms with van der Waals surface area (Å²) in [4.78, 5) is 36.5. The number of aromatic carboxylic acids is 1. The molecule has 7 nitrogen and oxygen atoms in total. The standard InChI is InChI=1S/C17H22N2O5/c1-2-24-16(22)14-4-3-9-19(11-14)17(23)18-10-12-5-7-13(8-6-12)15(20)21/h5-8,14H,2-4,9-11H2,1H3,(H,18,23)(H,20,21). The van der Waals surface area contributed by atoms with Crippen molar-refractivity contribution in [2.75, 3.05) is 19.7 Å². The number of hydrogen-bond donors (Lipinski definition) is 2. The van der Waals surface area contributed by atoms with Crippen molar-refractivity contribution in [2.45, 2.75) is 26.3 Å². The van der Waals surface area contributed by atoms with Crippen LogP contribution < -0.4 is 5.32 Å². The summed E-state index contributed by atoms with van der Waals surface area (Å²) in [5, 5.41) is 11.7. The fraction of sp³-hybridized carbons (Fsp3) is 0.471. The van der Waals surface area contributed by atoms with E-state index >= 15 is 0 Å². The molecule has 2 amide bonds. The molecule has 0 aromatic heterocycles. The van der Waals surface area contributed by atoms with Gasteiger partial charge in [0.05, 0.1) is 18.1 Å². The van der Waals surface area contributed by atoms with Gasteiger partial charge >= 0.3 is 18.0 Å². The van der Waals surface area contributed by atoms with Crippen LogP contribution in [0.1, 0.15) is 35.7 Å². The van der Waals surface area contributed by atoms with Gasteiger partial charge in [0.25, 0.3) is 0 Å². The van der Waals surface area contributed by atoms with Crippen LogP contribution in [-0.2, 0) is 16.1 Å². The van der Waals surface area contributed by atoms with Gasteiger partial charge < -0.3 is 20.1 Å². The van der Waals surface area contributed by atoms with Gasteiger partial charge in [0, 0.05) is 19.6 Å². The molecule has 1 aromatic rings. The van der Waals surface area contributed by atoms with Crippen LogP contribution >= 0.6 is 0 Å². The molecule has 0 bridgehead atoms. The van der Waals surface area contributed by atoms with Crippen LogP contribution in [0.5, 0.6) is 0 Å². The third kappa shape index (κ3) is 4.71. The second kappa shape index (κ2) is 8.33. The van der Waals surface area contributed by atoms with Crippen LogP contribution in [0.15, 0.2) is 24.3 Å². The number of urea groups is 1. The summed E-state index contributed by atoms with van der Waals surface area (Å²) in [6.45, 7) is 3.39. The van der Waals surface area contributed by atoms with E-state index in [0.29, 0.717) is 26.2 Å². The highest BCUT2D eigenvalue weighted by molar-refractivity contribution is 5.87. The Kier molecular flexibility index (Phi) is 6.17. The summed E-state index contributed by atoms with van der Waals surface area (Å²) < 4.78 is 5.02. The molecule has 1 aromatic carbocycles. The highest BCUT2D eigenvalue weighted by atomic mass is 16.5.